The van der Waals surface area contributed by atoms with Gasteiger partial charge in [0.2, 0.25) is 5.91 Å². The lowest BCUT2D eigenvalue weighted by Gasteiger charge is -2.31. The Morgan fingerprint density at radius 3 is 2.14 bits per heavy atom. The number of amides is 2. The van der Waals surface area contributed by atoms with Crippen LogP contribution in [0, 0.1) is 5.92 Å². The molecule has 1 aliphatic heterocycles. The highest BCUT2D eigenvalue weighted by Crippen LogP contribution is 2.29. The summed E-state index contributed by atoms with van der Waals surface area (Å²) in [6.45, 7) is 1.18. The summed E-state index contributed by atoms with van der Waals surface area (Å²) >= 11 is 5.84. The minimum atomic E-state index is -4.43. The predicted molar refractivity (Wildman–Crippen MR) is 103 cm³/mol. The second kappa shape index (κ2) is 8.86. The van der Waals surface area contributed by atoms with Crippen molar-refractivity contribution in [2.24, 2.45) is 5.92 Å². The first kappa shape index (κ1) is 21.2. The van der Waals surface area contributed by atoms with Crippen molar-refractivity contribution in [3.05, 3.63) is 70.2 Å². The molecule has 2 aromatic carbocycles. The highest BCUT2D eigenvalue weighted by molar-refractivity contribution is 6.30. The molecule has 0 radical (unpaired) electrons. The second-order valence-electron chi connectivity index (χ2n) is 6.99. The number of alkyl halides is 3. The van der Waals surface area contributed by atoms with Crippen LogP contribution in [0.1, 0.15) is 34.3 Å². The van der Waals surface area contributed by atoms with Gasteiger partial charge in [-0.05, 0) is 54.8 Å². The highest BCUT2D eigenvalue weighted by atomic mass is 35.5. The van der Waals surface area contributed by atoms with E-state index < -0.39 is 11.7 Å². The van der Waals surface area contributed by atoms with Crippen molar-refractivity contribution in [3.8, 4) is 0 Å². The Bertz CT molecular complexity index is 859. The molecule has 1 N–H and O–H groups in total. The van der Waals surface area contributed by atoms with Gasteiger partial charge in [-0.3, -0.25) is 9.59 Å². The third-order valence-corrected chi connectivity index (χ3v) is 5.24. The molecule has 1 heterocycles. The molecule has 0 atom stereocenters. The molecule has 29 heavy (non-hydrogen) atoms. The van der Waals surface area contributed by atoms with E-state index in [0.717, 1.165) is 17.7 Å². The lowest BCUT2D eigenvalue weighted by Crippen LogP contribution is -2.42. The first-order valence-corrected chi connectivity index (χ1v) is 9.60. The number of nitrogens with one attached hydrogen (secondary N) is 1. The molecular weight excluding hydrogens is 405 g/mol. The highest BCUT2D eigenvalue weighted by Gasteiger charge is 2.31. The Labute approximate surface area is 171 Å². The van der Waals surface area contributed by atoms with Crippen molar-refractivity contribution in [1.29, 1.82) is 0 Å². The molecule has 4 nitrogen and oxygen atoms in total. The minimum Gasteiger partial charge on any atom is -0.352 e. The van der Waals surface area contributed by atoms with Gasteiger partial charge >= 0.3 is 6.18 Å². The molecule has 0 bridgehead atoms. The maximum Gasteiger partial charge on any atom is 0.416 e. The molecule has 0 aromatic heterocycles. The summed E-state index contributed by atoms with van der Waals surface area (Å²) in [6, 6.07) is 11.4. The van der Waals surface area contributed by atoms with Gasteiger partial charge in [0.1, 0.15) is 0 Å². The fourth-order valence-corrected chi connectivity index (χ4v) is 3.39. The third-order valence-electron chi connectivity index (χ3n) is 4.99. The van der Waals surface area contributed by atoms with Gasteiger partial charge in [0.05, 0.1) is 5.56 Å². The number of hydrogen-bond donors (Lipinski definition) is 1. The summed E-state index contributed by atoms with van der Waals surface area (Å²) in [6.07, 6.45) is -3.41. The monoisotopic (exact) mass is 424 g/mol. The zero-order valence-electron chi connectivity index (χ0n) is 15.5. The van der Waals surface area contributed by atoms with Crippen molar-refractivity contribution in [1.82, 2.24) is 10.2 Å². The summed E-state index contributed by atoms with van der Waals surface area (Å²) < 4.78 is 37.9. The Balaban J connectivity index is 1.49. The largest absolute Gasteiger partial charge is 0.416 e. The van der Waals surface area contributed by atoms with E-state index in [1.165, 1.54) is 12.1 Å². The van der Waals surface area contributed by atoms with E-state index >= 15 is 0 Å². The molecule has 3 rings (SSSR count). The molecule has 1 fully saturated rings. The minimum absolute atomic E-state index is 0.0680. The lowest BCUT2D eigenvalue weighted by molar-refractivity contribution is -0.137. The van der Waals surface area contributed by atoms with E-state index in [-0.39, 0.29) is 23.3 Å². The van der Waals surface area contributed by atoms with Crippen molar-refractivity contribution in [2.45, 2.75) is 25.6 Å². The Hall–Kier alpha value is -2.54. The van der Waals surface area contributed by atoms with Gasteiger partial charge in [-0.25, -0.2) is 0 Å². The molecule has 8 heteroatoms. The van der Waals surface area contributed by atoms with Gasteiger partial charge in [0.25, 0.3) is 5.91 Å². The predicted octanol–water partition coefficient (Wildman–Crippen LogP) is 4.53. The van der Waals surface area contributed by atoms with E-state index in [9.17, 15) is 22.8 Å². The van der Waals surface area contributed by atoms with Crippen LogP contribution in [-0.2, 0) is 17.5 Å². The topological polar surface area (TPSA) is 49.4 Å². The molecule has 0 aliphatic carbocycles. The van der Waals surface area contributed by atoms with Crippen molar-refractivity contribution < 1.29 is 22.8 Å². The zero-order chi connectivity index (χ0) is 21.0. The summed E-state index contributed by atoms with van der Waals surface area (Å²) in [7, 11) is 0. The standard InChI is InChI=1S/C21H20ClF3N2O2/c22-18-7-1-14(2-8-18)13-26-19(28)15-9-11-27(12-10-15)20(29)16-3-5-17(6-4-16)21(23,24)25/h1-8,15H,9-13H2,(H,26,28). The number of likely N-dealkylation sites (tertiary alicyclic amines) is 1. The first-order valence-electron chi connectivity index (χ1n) is 9.23. The molecule has 0 spiro atoms. The van der Waals surface area contributed by atoms with Crippen LogP contribution in [0.4, 0.5) is 13.2 Å². The van der Waals surface area contributed by atoms with Crippen molar-refractivity contribution >= 4 is 23.4 Å². The molecule has 1 saturated heterocycles. The zero-order valence-corrected chi connectivity index (χ0v) is 16.3. The molecule has 154 valence electrons. The number of piperidine rings is 1. The van der Waals surface area contributed by atoms with Crippen LogP contribution in [0.3, 0.4) is 0 Å². The summed E-state index contributed by atoms with van der Waals surface area (Å²) in [5, 5.41) is 3.52. The maximum atomic E-state index is 12.6. The summed E-state index contributed by atoms with van der Waals surface area (Å²) in [4.78, 5) is 26.5. The van der Waals surface area contributed by atoms with Crippen LogP contribution in [-0.4, -0.2) is 29.8 Å². The van der Waals surface area contributed by atoms with Gasteiger partial charge in [-0.2, -0.15) is 13.2 Å². The SMILES string of the molecule is O=C(NCc1ccc(Cl)cc1)C1CCN(C(=O)c2ccc(C(F)(F)F)cc2)CC1. The van der Waals surface area contributed by atoms with Crippen molar-refractivity contribution in [3.63, 3.8) is 0 Å². The van der Waals surface area contributed by atoms with Gasteiger partial charge in [-0.15, -0.1) is 0 Å². The van der Waals surface area contributed by atoms with Crippen molar-refractivity contribution in [2.75, 3.05) is 13.1 Å². The van der Waals surface area contributed by atoms with Crippen LogP contribution in [0.15, 0.2) is 48.5 Å². The first-order chi connectivity index (χ1) is 13.7. The fourth-order valence-electron chi connectivity index (χ4n) is 3.26. The molecule has 2 amide bonds. The van der Waals surface area contributed by atoms with Gasteiger partial charge in [-0.1, -0.05) is 23.7 Å². The fraction of sp³-hybridized carbons (Fsp3) is 0.333. The number of nitrogens with zero attached hydrogens (tertiary/aromatic N) is 1. The number of hydrogen-bond acceptors (Lipinski definition) is 2. The molecule has 0 saturated carbocycles. The van der Waals surface area contributed by atoms with Gasteiger partial charge in [0, 0.05) is 36.1 Å². The molecular formula is C21H20ClF3N2O2. The van der Waals surface area contributed by atoms with Crippen LogP contribution in [0.2, 0.25) is 5.02 Å². The number of carbonyl (C=O) groups excluding carboxylic acids is 2. The summed E-state index contributed by atoms with van der Waals surface area (Å²) in [5.41, 5.74) is 0.367. The van der Waals surface area contributed by atoms with Gasteiger partial charge in [0.15, 0.2) is 0 Å². The number of rotatable bonds is 4. The van der Waals surface area contributed by atoms with Crippen LogP contribution < -0.4 is 5.32 Å². The quantitative estimate of drug-likeness (QED) is 0.784. The van der Waals surface area contributed by atoms with Crippen LogP contribution in [0.5, 0.6) is 0 Å². The number of benzene rings is 2. The van der Waals surface area contributed by atoms with Crippen LogP contribution in [0.25, 0.3) is 0 Å². The number of halogens is 4. The number of carbonyl (C=O) groups is 2. The van der Waals surface area contributed by atoms with E-state index in [0.29, 0.717) is 37.5 Å². The van der Waals surface area contributed by atoms with E-state index in [4.69, 9.17) is 11.6 Å². The van der Waals surface area contributed by atoms with E-state index in [1.54, 1.807) is 17.0 Å². The third kappa shape index (κ3) is 5.50. The normalized spacial score (nSPS) is 15.2. The Morgan fingerprint density at radius 2 is 1.59 bits per heavy atom. The lowest BCUT2D eigenvalue weighted by atomic mass is 9.95. The van der Waals surface area contributed by atoms with E-state index in [1.807, 2.05) is 12.1 Å². The average Bonchev–Trinajstić information content (AvgIpc) is 2.72. The van der Waals surface area contributed by atoms with Crippen LogP contribution >= 0.6 is 11.6 Å². The molecule has 1 aliphatic rings. The Morgan fingerprint density at radius 1 is 1.00 bits per heavy atom. The summed E-state index contributed by atoms with van der Waals surface area (Å²) in [5.74, 6) is -0.584. The van der Waals surface area contributed by atoms with E-state index in [2.05, 4.69) is 5.32 Å². The molecule has 2 aromatic rings. The van der Waals surface area contributed by atoms with Gasteiger partial charge < -0.3 is 10.2 Å². The average molecular weight is 425 g/mol. The smallest absolute Gasteiger partial charge is 0.352 e. The maximum absolute atomic E-state index is 12.6. The Kier molecular flexibility index (Phi) is 6.47. The molecule has 0 unspecified atom stereocenters. The second-order valence-corrected chi connectivity index (χ2v) is 7.42.